The maximum atomic E-state index is 10.4. The summed E-state index contributed by atoms with van der Waals surface area (Å²) in [6.45, 7) is 7.93. The lowest BCUT2D eigenvalue weighted by Crippen LogP contribution is -2.62. The Bertz CT molecular complexity index is 239. The third-order valence-corrected chi connectivity index (χ3v) is 2.85. The molecule has 1 N–H and O–H groups in total. The minimum atomic E-state index is -0.910. The lowest BCUT2D eigenvalue weighted by molar-refractivity contribution is -0.165. The van der Waals surface area contributed by atoms with Crippen molar-refractivity contribution in [2.24, 2.45) is 0 Å². The molecule has 0 unspecified atom stereocenters. The highest BCUT2D eigenvalue weighted by Crippen LogP contribution is 2.23. The second kappa shape index (κ2) is 6.93. The highest BCUT2D eigenvalue weighted by molar-refractivity contribution is 5.68. The Kier molecular flexibility index (Phi) is 5.88. The zero-order valence-electron chi connectivity index (χ0n) is 10.8. The number of hydrogen-bond acceptors (Lipinski definition) is 4. The fourth-order valence-corrected chi connectivity index (χ4v) is 1.93. The SMILES string of the molecule is CCCCOCCN1CC(C)(OCC(=O)O)C1. The number of hydrogen-bond donors (Lipinski definition) is 1. The molecule has 1 aliphatic heterocycles. The van der Waals surface area contributed by atoms with E-state index in [1.807, 2.05) is 6.92 Å². The molecular weight excluding hydrogens is 222 g/mol. The monoisotopic (exact) mass is 245 g/mol. The number of carboxylic acid groups (broad SMARTS) is 1. The number of rotatable bonds is 9. The summed E-state index contributed by atoms with van der Waals surface area (Å²) in [7, 11) is 0. The summed E-state index contributed by atoms with van der Waals surface area (Å²) in [4.78, 5) is 12.6. The van der Waals surface area contributed by atoms with Gasteiger partial charge in [-0.2, -0.15) is 0 Å². The molecule has 0 aliphatic carbocycles. The van der Waals surface area contributed by atoms with Gasteiger partial charge in [0.25, 0.3) is 0 Å². The average molecular weight is 245 g/mol. The van der Waals surface area contributed by atoms with E-state index in [2.05, 4.69) is 11.8 Å². The van der Waals surface area contributed by atoms with E-state index in [0.717, 1.165) is 45.7 Å². The molecule has 1 aliphatic rings. The second-order valence-electron chi connectivity index (χ2n) is 4.81. The third kappa shape index (κ3) is 5.48. The van der Waals surface area contributed by atoms with Gasteiger partial charge in [0.15, 0.2) is 0 Å². The topological polar surface area (TPSA) is 59.0 Å². The first-order valence-electron chi connectivity index (χ1n) is 6.21. The normalized spacial score (nSPS) is 18.9. The molecule has 1 rings (SSSR count). The van der Waals surface area contributed by atoms with Gasteiger partial charge < -0.3 is 14.6 Å². The number of likely N-dealkylation sites (tertiary alicyclic amines) is 1. The van der Waals surface area contributed by atoms with E-state index in [1.165, 1.54) is 0 Å². The van der Waals surface area contributed by atoms with Crippen LogP contribution in [0.25, 0.3) is 0 Å². The summed E-state index contributed by atoms with van der Waals surface area (Å²) in [5.41, 5.74) is -0.290. The summed E-state index contributed by atoms with van der Waals surface area (Å²) in [5.74, 6) is -0.910. The highest BCUT2D eigenvalue weighted by atomic mass is 16.5. The smallest absolute Gasteiger partial charge is 0.329 e. The van der Waals surface area contributed by atoms with Crippen LogP contribution in [0.2, 0.25) is 0 Å². The van der Waals surface area contributed by atoms with E-state index in [-0.39, 0.29) is 12.2 Å². The average Bonchev–Trinajstić information content (AvgIpc) is 2.23. The van der Waals surface area contributed by atoms with Gasteiger partial charge in [0, 0.05) is 26.2 Å². The number of ether oxygens (including phenoxy) is 2. The number of carboxylic acids is 1. The van der Waals surface area contributed by atoms with Gasteiger partial charge in [-0.05, 0) is 13.3 Å². The van der Waals surface area contributed by atoms with Crippen molar-refractivity contribution in [1.82, 2.24) is 4.90 Å². The zero-order valence-corrected chi connectivity index (χ0v) is 10.8. The van der Waals surface area contributed by atoms with Gasteiger partial charge in [0.2, 0.25) is 0 Å². The Labute approximate surface area is 103 Å². The molecule has 0 bridgehead atoms. The van der Waals surface area contributed by atoms with Crippen molar-refractivity contribution in [1.29, 1.82) is 0 Å². The van der Waals surface area contributed by atoms with E-state index in [4.69, 9.17) is 14.6 Å². The van der Waals surface area contributed by atoms with Crippen molar-refractivity contribution in [3.8, 4) is 0 Å². The van der Waals surface area contributed by atoms with Crippen molar-refractivity contribution >= 4 is 5.97 Å². The predicted molar refractivity (Wildman–Crippen MR) is 64.2 cm³/mol. The lowest BCUT2D eigenvalue weighted by Gasteiger charge is -2.47. The van der Waals surface area contributed by atoms with Crippen molar-refractivity contribution in [2.75, 3.05) is 39.5 Å². The standard InChI is InChI=1S/C12H23NO4/c1-3-4-6-16-7-5-13-9-12(2,10-13)17-8-11(14)15/h3-10H2,1-2H3,(H,14,15). The highest BCUT2D eigenvalue weighted by Gasteiger charge is 2.39. The fraction of sp³-hybridized carbons (Fsp3) is 0.917. The van der Waals surface area contributed by atoms with Crippen LogP contribution in [-0.2, 0) is 14.3 Å². The summed E-state index contributed by atoms with van der Waals surface area (Å²) in [6, 6.07) is 0. The molecule has 5 nitrogen and oxygen atoms in total. The Hall–Kier alpha value is -0.650. The van der Waals surface area contributed by atoms with Gasteiger partial charge in [-0.3, -0.25) is 4.90 Å². The van der Waals surface area contributed by atoms with Crippen LogP contribution in [0.3, 0.4) is 0 Å². The molecule has 1 fully saturated rings. The molecule has 0 atom stereocenters. The maximum absolute atomic E-state index is 10.4. The molecule has 0 saturated carbocycles. The zero-order chi connectivity index (χ0) is 12.7. The number of carbonyl (C=O) groups is 1. The van der Waals surface area contributed by atoms with Crippen molar-refractivity contribution in [2.45, 2.75) is 32.3 Å². The molecule has 0 spiro atoms. The third-order valence-electron chi connectivity index (χ3n) is 2.85. The summed E-state index contributed by atoms with van der Waals surface area (Å²) >= 11 is 0. The quantitative estimate of drug-likeness (QED) is 0.614. The first-order valence-corrected chi connectivity index (χ1v) is 6.21. The molecule has 1 heterocycles. The van der Waals surface area contributed by atoms with Gasteiger partial charge in [-0.25, -0.2) is 4.79 Å². The van der Waals surface area contributed by atoms with Gasteiger partial charge >= 0.3 is 5.97 Å². The Morgan fingerprint density at radius 3 is 2.71 bits per heavy atom. The summed E-state index contributed by atoms with van der Waals surface area (Å²) in [5, 5.41) is 8.53. The Morgan fingerprint density at radius 1 is 1.41 bits per heavy atom. The van der Waals surface area contributed by atoms with Gasteiger partial charge in [-0.1, -0.05) is 13.3 Å². The van der Waals surface area contributed by atoms with Crippen LogP contribution < -0.4 is 0 Å². The molecule has 0 amide bonds. The van der Waals surface area contributed by atoms with E-state index in [9.17, 15) is 4.79 Å². The molecule has 0 radical (unpaired) electrons. The van der Waals surface area contributed by atoms with Gasteiger partial charge in [0.05, 0.1) is 12.2 Å². The Morgan fingerprint density at radius 2 is 2.12 bits per heavy atom. The number of unbranched alkanes of at least 4 members (excludes halogenated alkanes) is 1. The van der Waals surface area contributed by atoms with Crippen molar-refractivity contribution < 1.29 is 19.4 Å². The van der Waals surface area contributed by atoms with E-state index in [0.29, 0.717) is 0 Å². The number of nitrogens with zero attached hydrogens (tertiary/aromatic N) is 1. The van der Waals surface area contributed by atoms with Gasteiger partial charge in [-0.15, -0.1) is 0 Å². The van der Waals surface area contributed by atoms with Crippen LogP contribution in [0.4, 0.5) is 0 Å². The first kappa shape index (κ1) is 14.4. The first-order chi connectivity index (χ1) is 8.06. The second-order valence-corrected chi connectivity index (χ2v) is 4.81. The molecule has 17 heavy (non-hydrogen) atoms. The van der Waals surface area contributed by atoms with Gasteiger partial charge in [0.1, 0.15) is 6.61 Å². The number of aliphatic carboxylic acids is 1. The van der Waals surface area contributed by atoms with Crippen LogP contribution in [0.1, 0.15) is 26.7 Å². The van der Waals surface area contributed by atoms with Crippen molar-refractivity contribution in [3.63, 3.8) is 0 Å². The van der Waals surface area contributed by atoms with E-state index >= 15 is 0 Å². The van der Waals surface area contributed by atoms with Crippen LogP contribution in [0.5, 0.6) is 0 Å². The van der Waals surface area contributed by atoms with Crippen LogP contribution in [0.15, 0.2) is 0 Å². The lowest BCUT2D eigenvalue weighted by atomic mass is 9.96. The molecule has 100 valence electrons. The maximum Gasteiger partial charge on any atom is 0.329 e. The summed E-state index contributed by atoms with van der Waals surface area (Å²) in [6.07, 6.45) is 2.27. The fourth-order valence-electron chi connectivity index (χ4n) is 1.93. The van der Waals surface area contributed by atoms with Crippen LogP contribution >= 0.6 is 0 Å². The van der Waals surface area contributed by atoms with Crippen molar-refractivity contribution in [3.05, 3.63) is 0 Å². The molecule has 0 aromatic rings. The van der Waals surface area contributed by atoms with Crippen LogP contribution in [0, 0.1) is 0 Å². The molecule has 0 aromatic heterocycles. The minimum Gasteiger partial charge on any atom is -0.480 e. The van der Waals surface area contributed by atoms with E-state index < -0.39 is 5.97 Å². The van der Waals surface area contributed by atoms with Crippen LogP contribution in [-0.4, -0.2) is 61.0 Å². The van der Waals surface area contributed by atoms with E-state index in [1.54, 1.807) is 0 Å². The molecule has 5 heteroatoms. The predicted octanol–water partition coefficient (Wildman–Crippen LogP) is 0.979. The molecule has 1 saturated heterocycles. The Balaban J connectivity index is 2.00. The molecule has 0 aromatic carbocycles. The molecular formula is C12H23NO4. The largest absolute Gasteiger partial charge is 0.480 e. The summed E-state index contributed by atoms with van der Waals surface area (Å²) < 4.78 is 10.8. The minimum absolute atomic E-state index is 0.211.